The van der Waals surface area contributed by atoms with Gasteiger partial charge < -0.3 is 20.4 Å². The lowest BCUT2D eigenvalue weighted by Crippen LogP contribution is -2.45. The maximum Gasteiger partial charge on any atom is 0.326 e. The van der Waals surface area contributed by atoms with Gasteiger partial charge in [-0.05, 0) is 23.4 Å². The Morgan fingerprint density at radius 3 is 2.95 bits per heavy atom. The second-order valence-corrected chi connectivity index (χ2v) is 5.78. The van der Waals surface area contributed by atoms with Gasteiger partial charge in [0.05, 0.1) is 12.6 Å². The molecule has 1 saturated heterocycles. The lowest BCUT2D eigenvalue weighted by atomic mass is 10.2. The molecule has 2 heterocycles. The number of carbonyl (C=O) groups excluding carboxylic acids is 1. The molecule has 6 nitrogen and oxygen atoms in total. The van der Waals surface area contributed by atoms with Crippen molar-refractivity contribution in [1.29, 1.82) is 0 Å². The molecule has 1 aromatic rings. The summed E-state index contributed by atoms with van der Waals surface area (Å²) in [6, 6.07) is 0.634. The summed E-state index contributed by atoms with van der Waals surface area (Å²) in [5, 5.41) is 23.3. The summed E-state index contributed by atoms with van der Waals surface area (Å²) in [5.74, 6) is -1.08. The molecule has 0 bridgehead atoms. The zero-order valence-corrected chi connectivity index (χ0v) is 12.0. The molecule has 0 radical (unpaired) electrons. The van der Waals surface area contributed by atoms with E-state index < -0.39 is 24.1 Å². The number of likely N-dealkylation sites (tertiary alicyclic amines) is 1. The van der Waals surface area contributed by atoms with Crippen LogP contribution in [0.25, 0.3) is 0 Å². The number of aliphatic hydroxyl groups is 1. The van der Waals surface area contributed by atoms with Crippen molar-refractivity contribution >= 4 is 23.3 Å². The lowest BCUT2D eigenvalue weighted by Gasteiger charge is -2.21. The third kappa shape index (κ3) is 3.10. The largest absolute Gasteiger partial charge is 0.480 e. The van der Waals surface area contributed by atoms with E-state index in [1.807, 2.05) is 18.4 Å². The second kappa shape index (κ2) is 6.23. The first kappa shape index (κ1) is 14.8. The van der Waals surface area contributed by atoms with E-state index in [2.05, 4.69) is 5.32 Å². The van der Waals surface area contributed by atoms with Crippen molar-refractivity contribution in [2.75, 3.05) is 6.54 Å². The van der Waals surface area contributed by atoms with Crippen LogP contribution in [-0.4, -0.2) is 45.8 Å². The maximum atomic E-state index is 12.0. The molecule has 110 valence electrons. The van der Waals surface area contributed by atoms with Gasteiger partial charge in [-0.1, -0.05) is 6.92 Å². The zero-order chi connectivity index (χ0) is 14.7. The molecule has 1 fully saturated rings. The Morgan fingerprint density at radius 2 is 2.30 bits per heavy atom. The Balaban J connectivity index is 1.96. The number of hydrogen-bond donors (Lipinski definition) is 3. The van der Waals surface area contributed by atoms with Gasteiger partial charge >= 0.3 is 12.0 Å². The van der Waals surface area contributed by atoms with Crippen molar-refractivity contribution in [1.82, 2.24) is 10.2 Å². The van der Waals surface area contributed by atoms with Crippen LogP contribution in [0.15, 0.2) is 11.4 Å². The van der Waals surface area contributed by atoms with Gasteiger partial charge in [0.1, 0.15) is 6.04 Å². The molecular weight excluding hydrogens is 280 g/mol. The number of thiophene rings is 1. The number of rotatable bonds is 4. The Hall–Kier alpha value is -1.60. The smallest absolute Gasteiger partial charge is 0.326 e. The number of aliphatic carboxylic acids is 1. The normalized spacial score (nSPS) is 22.0. The summed E-state index contributed by atoms with van der Waals surface area (Å²) in [7, 11) is 0. The van der Waals surface area contributed by atoms with Gasteiger partial charge in [-0.2, -0.15) is 0 Å². The van der Waals surface area contributed by atoms with Crippen LogP contribution in [0.3, 0.4) is 0 Å². The third-order valence-electron chi connectivity index (χ3n) is 3.44. The highest BCUT2D eigenvalue weighted by Crippen LogP contribution is 2.20. The average molecular weight is 298 g/mol. The van der Waals surface area contributed by atoms with Gasteiger partial charge in [-0.3, -0.25) is 0 Å². The summed E-state index contributed by atoms with van der Waals surface area (Å²) in [6.45, 7) is 2.50. The minimum absolute atomic E-state index is 0.0634. The van der Waals surface area contributed by atoms with Gasteiger partial charge in [0.15, 0.2) is 0 Å². The molecule has 1 unspecified atom stereocenters. The molecule has 2 amide bonds. The molecular formula is C13H18N2O4S. The van der Waals surface area contributed by atoms with Crippen molar-refractivity contribution in [2.45, 2.75) is 38.5 Å². The number of carboxylic acids is 1. The maximum absolute atomic E-state index is 12.0. The number of carboxylic acid groups (broad SMARTS) is 1. The van der Waals surface area contributed by atoms with E-state index in [1.165, 1.54) is 10.5 Å². The first-order valence-corrected chi connectivity index (χ1v) is 7.41. The number of nitrogens with zero attached hydrogens (tertiary/aromatic N) is 1. The fourth-order valence-electron chi connectivity index (χ4n) is 2.37. The minimum atomic E-state index is -1.08. The van der Waals surface area contributed by atoms with Crippen LogP contribution >= 0.6 is 11.3 Å². The topological polar surface area (TPSA) is 89.9 Å². The number of nitrogens with one attached hydrogen (secondary N) is 1. The SMILES string of the molecule is CCc1ccsc1CNC(=O)N1CC(O)C[C@H]1C(=O)O. The van der Waals surface area contributed by atoms with E-state index in [0.29, 0.717) is 6.54 Å². The molecule has 0 saturated carbocycles. The highest BCUT2D eigenvalue weighted by Gasteiger charge is 2.38. The quantitative estimate of drug-likeness (QED) is 0.775. The van der Waals surface area contributed by atoms with E-state index in [4.69, 9.17) is 5.11 Å². The molecule has 1 aliphatic heterocycles. The molecule has 2 atom stereocenters. The van der Waals surface area contributed by atoms with Gasteiger partial charge in [-0.15, -0.1) is 11.3 Å². The number of carbonyl (C=O) groups is 2. The molecule has 1 aliphatic rings. The summed E-state index contributed by atoms with van der Waals surface area (Å²) in [5.41, 5.74) is 1.19. The van der Waals surface area contributed by atoms with E-state index in [0.717, 1.165) is 11.3 Å². The van der Waals surface area contributed by atoms with Crippen molar-refractivity contribution < 1.29 is 19.8 Å². The molecule has 1 aromatic heterocycles. The minimum Gasteiger partial charge on any atom is -0.480 e. The monoisotopic (exact) mass is 298 g/mol. The van der Waals surface area contributed by atoms with Gasteiger partial charge in [-0.25, -0.2) is 9.59 Å². The predicted molar refractivity (Wildman–Crippen MR) is 74.7 cm³/mol. The van der Waals surface area contributed by atoms with Crippen LogP contribution in [0.5, 0.6) is 0 Å². The fraction of sp³-hybridized carbons (Fsp3) is 0.538. The molecule has 20 heavy (non-hydrogen) atoms. The van der Waals surface area contributed by atoms with Crippen LogP contribution < -0.4 is 5.32 Å². The van der Waals surface area contributed by atoms with Gasteiger partial charge in [0, 0.05) is 17.8 Å². The summed E-state index contributed by atoms with van der Waals surface area (Å²) < 4.78 is 0. The van der Waals surface area contributed by atoms with Crippen LogP contribution in [0.4, 0.5) is 4.79 Å². The van der Waals surface area contributed by atoms with Gasteiger partial charge in [0.25, 0.3) is 0 Å². The van der Waals surface area contributed by atoms with Crippen LogP contribution in [0.1, 0.15) is 23.8 Å². The van der Waals surface area contributed by atoms with Crippen LogP contribution in [0.2, 0.25) is 0 Å². The zero-order valence-electron chi connectivity index (χ0n) is 11.2. The predicted octanol–water partition coefficient (Wildman–Crippen LogP) is 1.04. The fourth-order valence-corrected chi connectivity index (χ4v) is 3.28. The van der Waals surface area contributed by atoms with Crippen LogP contribution in [-0.2, 0) is 17.8 Å². The Kier molecular flexibility index (Phi) is 4.61. The number of amides is 2. The van der Waals surface area contributed by atoms with Crippen LogP contribution in [0, 0.1) is 0 Å². The molecule has 3 N–H and O–H groups in total. The first-order chi connectivity index (χ1) is 9.52. The highest BCUT2D eigenvalue weighted by atomic mass is 32.1. The van der Waals surface area contributed by atoms with E-state index >= 15 is 0 Å². The molecule has 0 spiro atoms. The van der Waals surface area contributed by atoms with E-state index in [9.17, 15) is 14.7 Å². The second-order valence-electron chi connectivity index (χ2n) is 4.78. The number of hydrogen-bond acceptors (Lipinski definition) is 4. The van der Waals surface area contributed by atoms with Crippen molar-refractivity contribution in [3.8, 4) is 0 Å². The molecule has 7 heteroatoms. The number of β-amino-alcohol motifs (C(OH)–C–C–N with tert-alkyl or cyclic N) is 1. The Morgan fingerprint density at radius 1 is 1.55 bits per heavy atom. The summed E-state index contributed by atoms with van der Waals surface area (Å²) in [6.07, 6.45) is 0.214. The summed E-state index contributed by atoms with van der Waals surface area (Å²) in [4.78, 5) is 25.4. The first-order valence-electron chi connectivity index (χ1n) is 6.53. The van der Waals surface area contributed by atoms with E-state index in [-0.39, 0.29) is 13.0 Å². The molecule has 0 aromatic carbocycles. The standard InChI is InChI=1S/C13H18N2O4S/c1-2-8-3-4-20-11(8)6-14-13(19)15-7-9(16)5-10(15)12(17)18/h3-4,9-10,16H,2,5-7H2,1H3,(H,14,19)(H,17,18)/t9?,10-/m0/s1. The molecule has 0 aliphatic carbocycles. The van der Waals surface area contributed by atoms with Crippen molar-refractivity contribution in [2.24, 2.45) is 0 Å². The van der Waals surface area contributed by atoms with Crippen molar-refractivity contribution in [3.05, 3.63) is 21.9 Å². The number of aliphatic hydroxyl groups excluding tert-OH is 1. The highest BCUT2D eigenvalue weighted by molar-refractivity contribution is 7.10. The van der Waals surface area contributed by atoms with Crippen molar-refractivity contribution in [3.63, 3.8) is 0 Å². The Labute approximate surface area is 121 Å². The summed E-state index contributed by atoms with van der Waals surface area (Å²) >= 11 is 1.57. The van der Waals surface area contributed by atoms with Gasteiger partial charge in [0.2, 0.25) is 0 Å². The lowest BCUT2D eigenvalue weighted by molar-refractivity contribution is -0.141. The third-order valence-corrected chi connectivity index (χ3v) is 4.41. The average Bonchev–Trinajstić information content (AvgIpc) is 3.01. The number of aryl methyl sites for hydroxylation is 1. The van der Waals surface area contributed by atoms with E-state index in [1.54, 1.807) is 11.3 Å². The molecule has 2 rings (SSSR count). The Bertz CT molecular complexity index is 502. The number of urea groups is 1.